The smallest absolute Gasteiger partial charge is 0.262 e. The van der Waals surface area contributed by atoms with Crippen molar-refractivity contribution in [2.24, 2.45) is 0 Å². The van der Waals surface area contributed by atoms with Crippen molar-refractivity contribution in [1.82, 2.24) is 0 Å². The van der Waals surface area contributed by atoms with Crippen LogP contribution in [0.2, 0.25) is 0 Å². The topological polar surface area (TPSA) is 78.5 Å². The Balaban J connectivity index is 1.55. The lowest BCUT2D eigenvalue weighted by molar-refractivity contribution is 0.102. The zero-order chi connectivity index (χ0) is 22.6. The Morgan fingerprint density at radius 3 is 2.28 bits per heavy atom. The first kappa shape index (κ1) is 21.8. The van der Waals surface area contributed by atoms with Crippen molar-refractivity contribution in [2.45, 2.75) is 24.2 Å². The third-order valence-electron chi connectivity index (χ3n) is 5.37. The Morgan fingerprint density at radius 1 is 0.844 bits per heavy atom. The van der Waals surface area contributed by atoms with Gasteiger partial charge in [0.15, 0.2) is 0 Å². The first-order chi connectivity index (χ1) is 15.4. The average Bonchev–Trinajstić information content (AvgIpc) is 2.81. The number of amides is 1. The summed E-state index contributed by atoms with van der Waals surface area (Å²) in [4.78, 5) is 15.1. The molecule has 6 nitrogen and oxygen atoms in total. The summed E-state index contributed by atoms with van der Waals surface area (Å²) in [6.45, 7) is 1.87. The van der Waals surface area contributed by atoms with Crippen molar-refractivity contribution in [3.05, 3.63) is 84.2 Å². The second-order valence-electron chi connectivity index (χ2n) is 7.63. The number of piperidine rings is 1. The van der Waals surface area contributed by atoms with Gasteiger partial charge >= 0.3 is 0 Å². The van der Waals surface area contributed by atoms with E-state index in [9.17, 15) is 17.6 Å². The Labute approximate surface area is 187 Å². The number of nitrogens with zero attached hydrogens (tertiary/aromatic N) is 1. The molecule has 1 aliphatic rings. The van der Waals surface area contributed by atoms with E-state index in [0.717, 1.165) is 31.6 Å². The highest BCUT2D eigenvalue weighted by molar-refractivity contribution is 7.92. The number of benzene rings is 3. The maximum absolute atomic E-state index is 13.9. The molecule has 0 radical (unpaired) electrons. The molecule has 0 unspecified atom stereocenters. The number of carbonyl (C=O) groups is 1. The molecule has 0 atom stereocenters. The first-order valence-corrected chi connectivity index (χ1v) is 11.9. The van der Waals surface area contributed by atoms with Gasteiger partial charge in [0.05, 0.1) is 22.0 Å². The van der Waals surface area contributed by atoms with Crippen molar-refractivity contribution < 1.29 is 17.6 Å². The highest BCUT2D eigenvalue weighted by Crippen LogP contribution is 2.29. The highest BCUT2D eigenvalue weighted by Gasteiger charge is 2.20. The largest absolute Gasteiger partial charge is 0.370 e. The Hall–Kier alpha value is -3.39. The van der Waals surface area contributed by atoms with Crippen molar-refractivity contribution in [1.29, 1.82) is 0 Å². The summed E-state index contributed by atoms with van der Waals surface area (Å²) in [5, 5.41) is 2.91. The van der Waals surface area contributed by atoms with E-state index < -0.39 is 21.7 Å². The molecule has 8 heteroatoms. The number of sulfonamides is 1. The van der Waals surface area contributed by atoms with Gasteiger partial charge in [0.1, 0.15) is 5.82 Å². The molecule has 3 aromatic rings. The predicted octanol–water partition coefficient (Wildman–Crippen LogP) is 4.87. The summed E-state index contributed by atoms with van der Waals surface area (Å²) in [5.74, 6) is -1.10. The minimum Gasteiger partial charge on any atom is -0.370 e. The Bertz CT molecular complexity index is 1220. The molecular formula is C24H24FN3O3S. The maximum Gasteiger partial charge on any atom is 0.262 e. The number of anilines is 3. The third-order valence-corrected chi connectivity index (χ3v) is 6.74. The van der Waals surface area contributed by atoms with Crippen LogP contribution in [-0.2, 0) is 10.0 Å². The van der Waals surface area contributed by atoms with Crippen LogP contribution in [0.3, 0.4) is 0 Å². The van der Waals surface area contributed by atoms with Crippen LogP contribution in [-0.4, -0.2) is 27.4 Å². The highest BCUT2D eigenvalue weighted by atomic mass is 32.2. The molecule has 1 fully saturated rings. The molecule has 32 heavy (non-hydrogen) atoms. The second kappa shape index (κ2) is 9.40. The summed E-state index contributed by atoms with van der Waals surface area (Å²) in [7, 11) is -4.07. The molecule has 2 N–H and O–H groups in total. The molecule has 0 aromatic heterocycles. The van der Waals surface area contributed by atoms with E-state index in [2.05, 4.69) is 14.9 Å². The predicted molar refractivity (Wildman–Crippen MR) is 124 cm³/mol. The van der Waals surface area contributed by atoms with Crippen LogP contribution in [0.5, 0.6) is 0 Å². The van der Waals surface area contributed by atoms with Crippen LogP contribution >= 0.6 is 0 Å². The lowest BCUT2D eigenvalue weighted by atomic mass is 10.1. The van der Waals surface area contributed by atoms with E-state index in [-0.39, 0.29) is 16.1 Å². The number of rotatable bonds is 6. The fourth-order valence-electron chi connectivity index (χ4n) is 3.74. The van der Waals surface area contributed by atoms with Crippen LogP contribution in [0.1, 0.15) is 29.6 Å². The molecule has 166 valence electrons. The Morgan fingerprint density at radius 2 is 1.53 bits per heavy atom. The summed E-state index contributed by atoms with van der Waals surface area (Å²) < 4.78 is 41.6. The van der Waals surface area contributed by atoms with Gasteiger partial charge in [0.25, 0.3) is 15.9 Å². The third kappa shape index (κ3) is 4.91. The van der Waals surface area contributed by atoms with Crippen LogP contribution in [0.15, 0.2) is 77.7 Å². The van der Waals surface area contributed by atoms with E-state index in [0.29, 0.717) is 5.69 Å². The first-order valence-electron chi connectivity index (χ1n) is 10.5. The summed E-state index contributed by atoms with van der Waals surface area (Å²) >= 11 is 0. The SMILES string of the molecule is O=C(Nc1ccccc1N1CCCCC1)c1cccc(S(=O)(=O)Nc2ccccc2F)c1. The minimum atomic E-state index is -4.07. The van der Waals surface area contributed by atoms with Gasteiger partial charge in [-0.15, -0.1) is 0 Å². The van der Waals surface area contributed by atoms with Crippen LogP contribution in [0.25, 0.3) is 0 Å². The van der Waals surface area contributed by atoms with E-state index in [1.54, 1.807) is 6.07 Å². The molecular weight excluding hydrogens is 429 g/mol. The van der Waals surface area contributed by atoms with Crippen LogP contribution < -0.4 is 14.9 Å². The van der Waals surface area contributed by atoms with Gasteiger partial charge in [-0.1, -0.05) is 30.3 Å². The van der Waals surface area contributed by atoms with Crippen molar-refractivity contribution >= 4 is 33.0 Å². The standard InChI is InChI=1S/C24H24FN3O3S/c25-20-11-2-3-12-21(20)27-32(30,31)19-10-8-9-18(17-19)24(29)26-22-13-4-5-14-23(22)28-15-6-1-7-16-28/h2-5,8-14,17,27H,1,6-7,15-16H2,(H,26,29). The zero-order valence-corrected chi connectivity index (χ0v) is 18.2. The summed E-state index contributed by atoms with van der Waals surface area (Å²) in [6, 6.07) is 18.8. The lowest BCUT2D eigenvalue weighted by Crippen LogP contribution is -2.30. The number of nitrogens with one attached hydrogen (secondary N) is 2. The van der Waals surface area contributed by atoms with E-state index in [4.69, 9.17) is 0 Å². The van der Waals surface area contributed by atoms with Gasteiger partial charge in [-0.3, -0.25) is 9.52 Å². The van der Waals surface area contributed by atoms with Gasteiger partial charge in [0.2, 0.25) is 0 Å². The van der Waals surface area contributed by atoms with Gasteiger partial charge in [-0.25, -0.2) is 12.8 Å². The zero-order valence-electron chi connectivity index (χ0n) is 17.4. The van der Waals surface area contributed by atoms with Gasteiger partial charge < -0.3 is 10.2 Å². The number of hydrogen-bond acceptors (Lipinski definition) is 4. The van der Waals surface area contributed by atoms with E-state index in [1.165, 1.54) is 48.9 Å². The number of halogens is 1. The number of para-hydroxylation sites is 3. The molecule has 1 aliphatic heterocycles. The van der Waals surface area contributed by atoms with Crippen molar-refractivity contribution in [2.75, 3.05) is 28.0 Å². The minimum absolute atomic E-state index is 0.127. The van der Waals surface area contributed by atoms with Gasteiger partial charge in [-0.2, -0.15) is 0 Å². The quantitative estimate of drug-likeness (QED) is 0.558. The monoisotopic (exact) mass is 453 g/mol. The normalized spacial score (nSPS) is 14.1. The average molecular weight is 454 g/mol. The lowest BCUT2D eigenvalue weighted by Gasteiger charge is -2.30. The van der Waals surface area contributed by atoms with Crippen molar-refractivity contribution in [3.63, 3.8) is 0 Å². The van der Waals surface area contributed by atoms with Crippen LogP contribution in [0, 0.1) is 5.82 Å². The van der Waals surface area contributed by atoms with Crippen molar-refractivity contribution in [3.8, 4) is 0 Å². The van der Waals surface area contributed by atoms with Crippen LogP contribution in [0.4, 0.5) is 21.5 Å². The van der Waals surface area contributed by atoms with E-state index in [1.807, 2.05) is 24.3 Å². The molecule has 4 rings (SSSR count). The molecule has 0 saturated carbocycles. The fraction of sp³-hybridized carbons (Fsp3) is 0.208. The maximum atomic E-state index is 13.9. The van der Waals surface area contributed by atoms with E-state index >= 15 is 0 Å². The summed E-state index contributed by atoms with van der Waals surface area (Å²) in [5.41, 5.74) is 1.66. The second-order valence-corrected chi connectivity index (χ2v) is 9.31. The molecule has 1 saturated heterocycles. The number of carbonyl (C=O) groups excluding carboxylic acids is 1. The summed E-state index contributed by atoms with van der Waals surface area (Å²) in [6.07, 6.45) is 3.42. The Kier molecular flexibility index (Phi) is 6.41. The molecule has 0 spiro atoms. The van der Waals surface area contributed by atoms with Gasteiger partial charge in [-0.05, 0) is 61.7 Å². The molecule has 1 amide bonds. The van der Waals surface area contributed by atoms with Gasteiger partial charge in [0, 0.05) is 18.7 Å². The number of hydrogen-bond donors (Lipinski definition) is 2. The fourth-order valence-corrected chi connectivity index (χ4v) is 4.85. The molecule has 0 bridgehead atoms. The molecule has 3 aromatic carbocycles. The molecule has 1 heterocycles. The molecule has 0 aliphatic carbocycles.